The van der Waals surface area contributed by atoms with E-state index in [0.717, 1.165) is 11.1 Å². The summed E-state index contributed by atoms with van der Waals surface area (Å²) in [4.78, 5) is 23.8. The van der Waals surface area contributed by atoms with Crippen LogP contribution in [0.15, 0.2) is 33.6 Å². The lowest BCUT2D eigenvalue weighted by atomic mass is 10.1. The molecule has 0 bridgehead atoms. The third kappa shape index (κ3) is 3.59. The highest BCUT2D eigenvalue weighted by molar-refractivity contribution is 5.77. The number of carbonyl (C=O) groups is 1. The molecule has 0 saturated carbocycles. The Kier molecular flexibility index (Phi) is 3.97. The topological polar surface area (TPSA) is 77.1 Å². The Morgan fingerprint density at radius 3 is 2.62 bits per heavy atom. The van der Waals surface area contributed by atoms with Crippen LogP contribution in [0.1, 0.15) is 26.3 Å². The summed E-state index contributed by atoms with van der Waals surface area (Å²) in [6.07, 6.45) is 0. The van der Waals surface area contributed by atoms with E-state index in [9.17, 15) is 9.59 Å². The molecule has 0 unspecified atom stereocenters. The van der Waals surface area contributed by atoms with Crippen molar-refractivity contribution in [2.24, 2.45) is 0 Å². The molecule has 1 amide bonds. The molecule has 0 saturated heterocycles. The third-order valence-corrected chi connectivity index (χ3v) is 2.89. The number of nitrogens with zero attached hydrogens (tertiary/aromatic N) is 2. The quantitative estimate of drug-likeness (QED) is 0.933. The average molecular weight is 289 g/mol. The normalized spacial score (nSPS) is 11.4. The zero-order valence-corrected chi connectivity index (χ0v) is 12.6. The maximum atomic E-state index is 12.0. The maximum absolute atomic E-state index is 12.0. The van der Waals surface area contributed by atoms with E-state index < -0.39 is 5.76 Å². The molecule has 1 aromatic heterocycles. The molecule has 0 aliphatic carbocycles. The van der Waals surface area contributed by atoms with Gasteiger partial charge in [0.2, 0.25) is 5.91 Å². The van der Waals surface area contributed by atoms with E-state index in [0.29, 0.717) is 5.82 Å². The molecule has 0 radical (unpaired) electrons. The van der Waals surface area contributed by atoms with Crippen molar-refractivity contribution in [1.82, 2.24) is 15.0 Å². The number of aromatic nitrogens is 2. The van der Waals surface area contributed by atoms with Crippen molar-refractivity contribution in [2.75, 3.05) is 0 Å². The second-order valence-electron chi connectivity index (χ2n) is 5.97. The molecule has 0 aliphatic rings. The molecular formula is C15H19N3O3. The molecule has 2 rings (SSSR count). The fraction of sp³-hybridized carbons (Fsp3) is 0.400. The van der Waals surface area contributed by atoms with E-state index in [1.165, 1.54) is 4.57 Å². The van der Waals surface area contributed by atoms with E-state index >= 15 is 0 Å². The molecule has 1 heterocycles. The van der Waals surface area contributed by atoms with Crippen molar-refractivity contribution in [2.45, 2.75) is 39.8 Å². The Balaban J connectivity index is 2.34. The number of nitrogens with one attached hydrogen (secondary N) is 1. The standard InChI is InChI=1S/C15H19N3O3/c1-10-7-5-6-8-11(10)13-17-21-14(20)18(13)9-12(19)16-15(2,3)4/h5-8H,9H2,1-4H3,(H,16,19). The smallest absolute Gasteiger partial charge is 0.350 e. The first-order valence-electron chi connectivity index (χ1n) is 6.71. The minimum atomic E-state index is -0.641. The van der Waals surface area contributed by atoms with E-state index in [4.69, 9.17) is 4.52 Å². The van der Waals surface area contributed by atoms with Crippen molar-refractivity contribution in [1.29, 1.82) is 0 Å². The van der Waals surface area contributed by atoms with Gasteiger partial charge in [0.05, 0.1) is 0 Å². The Labute approximate surface area is 122 Å². The predicted octanol–water partition coefficient (Wildman–Crippen LogP) is 1.73. The zero-order valence-electron chi connectivity index (χ0n) is 12.6. The third-order valence-electron chi connectivity index (χ3n) is 2.89. The van der Waals surface area contributed by atoms with Gasteiger partial charge < -0.3 is 5.32 Å². The number of hydrogen-bond acceptors (Lipinski definition) is 4. The Morgan fingerprint density at radius 2 is 2.00 bits per heavy atom. The molecule has 2 aromatic rings. The van der Waals surface area contributed by atoms with Gasteiger partial charge in [-0.1, -0.05) is 29.4 Å². The van der Waals surface area contributed by atoms with Gasteiger partial charge in [-0.15, -0.1) is 0 Å². The van der Waals surface area contributed by atoms with E-state index in [-0.39, 0.29) is 18.0 Å². The molecule has 1 N–H and O–H groups in total. The Hall–Kier alpha value is -2.37. The summed E-state index contributed by atoms with van der Waals surface area (Å²) in [5.41, 5.74) is 1.36. The molecular weight excluding hydrogens is 270 g/mol. The fourth-order valence-corrected chi connectivity index (χ4v) is 2.03. The predicted molar refractivity (Wildman–Crippen MR) is 78.8 cm³/mol. The highest BCUT2D eigenvalue weighted by Gasteiger charge is 2.19. The van der Waals surface area contributed by atoms with Crippen molar-refractivity contribution < 1.29 is 9.32 Å². The summed E-state index contributed by atoms with van der Waals surface area (Å²) in [6, 6.07) is 7.49. The second kappa shape index (κ2) is 5.55. The summed E-state index contributed by atoms with van der Waals surface area (Å²) >= 11 is 0. The molecule has 21 heavy (non-hydrogen) atoms. The monoisotopic (exact) mass is 289 g/mol. The minimum Gasteiger partial charge on any atom is -0.350 e. The van der Waals surface area contributed by atoms with Gasteiger partial charge in [0.1, 0.15) is 6.54 Å². The highest BCUT2D eigenvalue weighted by Crippen LogP contribution is 2.19. The number of amides is 1. The van der Waals surface area contributed by atoms with Gasteiger partial charge >= 0.3 is 5.76 Å². The SMILES string of the molecule is Cc1ccccc1-c1noc(=O)n1CC(=O)NC(C)(C)C. The molecule has 112 valence electrons. The maximum Gasteiger partial charge on any atom is 0.442 e. The van der Waals surface area contributed by atoms with Crippen LogP contribution in [0.25, 0.3) is 11.4 Å². The van der Waals surface area contributed by atoms with Crippen LogP contribution < -0.4 is 11.1 Å². The van der Waals surface area contributed by atoms with Crippen molar-refractivity contribution in [3.63, 3.8) is 0 Å². The molecule has 0 aliphatic heterocycles. The summed E-state index contributed by atoms with van der Waals surface area (Å²) in [5, 5.41) is 6.60. The molecule has 1 aromatic carbocycles. The van der Waals surface area contributed by atoms with Gasteiger partial charge in [-0.3, -0.25) is 9.32 Å². The van der Waals surface area contributed by atoms with Crippen molar-refractivity contribution in [3.8, 4) is 11.4 Å². The largest absolute Gasteiger partial charge is 0.442 e. The highest BCUT2D eigenvalue weighted by atomic mass is 16.5. The van der Waals surface area contributed by atoms with Gasteiger partial charge in [0.15, 0.2) is 5.82 Å². The van der Waals surface area contributed by atoms with Crippen LogP contribution in [0, 0.1) is 6.92 Å². The molecule has 0 spiro atoms. The summed E-state index contributed by atoms with van der Waals surface area (Å²) in [6.45, 7) is 7.42. The van der Waals surface area contributed by atoms with Gasteiger partial charge in [-0.05, 0) is 33.3 Å². The van der Waals surface area contributed by atoms with E-state index in [1.54, 1.807) is 0 Å². The molecule has 0 fully saturated rings. The van der Waals surface area contributed by atoms with Crippen LogP contribution in [0.2, 0.25) is 0 Å². The van der Waals surface area contributed by atoms with Crippen LogP contribution in [-0.4, -0.2) is 21.2 Å². The Morgan fingerprint density at radius 1 is 1.33 bits per heavy atom. The van der Waals surface area contributed by atoms with Gasteiger partial charge in [0.25, 0.3) is 0 Å². The lowest BCUT2D eigenvalue weighted by molar-refractivity contribution is -0.123. The summed E-state index contributed by atoms with van der Waals surface area (Å²) in [7, 11) is 0. The molecule has 6 heteroatoms. The van der Waals surface area contributed by atoms with Crippen LogP contribution in [0.3, 0.4) is 0 Å². The van der Waals surface area contributed by atoms with E-state index in [2.05, 4.69) is 10.5 Å². The van der Waals surface area contributed by atoms with Crippen LogP contribution in [0.4, 0.5) is 0 Å². The number of carbonyl (C=O) groups excluding carboxylic acids is 1. The van der Waals surface area contributed by atoms with Gasteiger partial charge in [-0.2, -0.15) is 0 Å². The van der Waals surface area contributed by atoms with Crippen molar-refractivity contribution in [3.05, 3.63) is 40.4 Å². The van der Waals surface area contributed by atoms with Gasteiger partial charge in [-0.25, -0.2) is 9.36 Å². The average Bonchev–Trinajstić information content (AvgIpc) is 2.69. The first-order valence-corrected chi connectivity index (χ1v) is 6.71. The summed E-state index contributed by atoms with van der Waals surface area (Å²) < 4.78 is 5.95. The number of rotatable bonds is 3. The first kappa shape index (κ1) is 15.0. The fourth-order valence-electron chi connectivity index (χ4n) is 2.03. The lowest BCUT2D eigenvalue weighted by Crippen LogP contribution is -2.43. The number of benzene rings is 1. The van der Waals surface area contributed by atoms with Crippen LogP contribution in [-0.2, 0) is 11.3 Å². The van der Waals surface area contributed by atoms with Gasteiger partial charge in [0, 0.05) is 11.1 Å². The summed E-state index contributed by atoms with van der Waals surface area (Å²) in [5.74, 6) is -0.540. The molecule has 0 atom stereocenters. The number of aryl methyl sites for hydroxylation is 1. The van der Waals surface area contributed by atoms with Crippen LogP contribution in [0.5, 0.6) is 0 Å². The van der Waals surface area contributed by atoms with E-state index in [1.807, 2.05) is 52.0 Å². The zero-order chi connectivity index (χ0) is 15.6. The first-order chi connectivity index (χ1) is 9.78. The van der Waals surface area contributed by atoms with Crippen molar-refractivity contribution >= 4 is 5.91 Å². The van der Waals surface area contributed by atoms with Crippen LogP contribution >= 0.6 is 0 Å². The molecule has 6 nitrogen and oxygen atoms in total. The lowest BCUT2D eigenvalue weighted by Gasteiger charge is -2.20. The second-order valence-corrected chi connectivity index (χ2v) is 5.97. The number of hydrogen-bond donors (Lipinski definition) is 1. The minimum absolute atomic E-state index is 0.122. The Bertz CT molecular complexity index is 707.